The summed E-state index contributed by atoms with van der Waals surface area (Å²) in [5.41, 5.74) is 2.87. The molecule has 2 heteroatoms. The molecule has 0 aliphatic rings. The van der Waals surface area contributed by atoms with E-state index in [4.69, 9.17) is 4.42 Å². The van der Waals surface area contributed by atoms with Gasteiger partial charge in [0, 0.05) is 11.6 Å². The van der Waals surface area contributed by atoms with E-state index < -0.39 is 0 Å². The van der Waals surface area contributed by atoms with Crippen molar-refractivity contribution in [2.75, 3.05) is 0 Å². The van der Waals surface area contributed by atoms with Crippen LogP contribution in [0.4, 0.5) is 0 Å². The normalized spacial score (nSPS) is 12.6. The molecule has 0 saturated heterocycles. The van der Waals surface area contributed by atoms with E-state index in [1.807, 2.05) is 48.5 Å². The lowest BCUT2D eigenvalue weighted by Gasteiger charge is -2.10. The topological polar surface area (TPSA) is 30.2 Å². The van der Waals surface area contributed by atoms with Crippen LogP contribution in [0.5, 0.6) is 0 Å². The average Bonchev–Trinajstić information content (AvgIpc) is 2.67. The molecule has 1 aromatic heterocycles. The summed E-state index contributed by atoms with van der Waals surface area (Å²) in [5.74, 6) is 1.15. The van der Waals surface area contributed by atoms with Crippen LogP contribution in [-0.4, -0.2) is 0 Å². The fraction of sp³-hybridized carbons (Fsp3) is 0.174. The van der Waals surface area contributed by atoms with E-state index in [0.29, 0.717) is 22.6 Å². The van der Waals surface area contributed by atoms with Gasteiger partial charge in [-0.3, -0.25) is 4.79 Å². The standard InChI is InChI=1S/C23H20O2/c1-3-15(2)16-8-10-18(11-9-16)22-14-20(24)23-19-7-5-4-6-17(19)12-13-21(23)25-22/h4-15H,3H2,1-2H3. The van der Waals surface area contributed by atoms with E-state index in [0.717, 1.165) is 22.8 Å². The van der Waals surface area contributed by atoms with Crippen molar-refractivity contribution in [2.24, 2.45) is 0 Å². The van der Waals surface area contributed by atoms with Crippen molar-refractivity contribution in [1.82, 2.24) is 0 Å². The van der Waals surface area contributed by atoms with Crippen molar-refractivity contribution in [3.05, 3.63) is 82.5 Å². The van der Waals surface area contributed by atoms with Crippen LogP contribution >= 0.6 is 0 Å². The van der Waals surface area contributed by atoms with Crippen LogP contribution in [0.1, 0.15) is 31.7 Å². The van der Waals surface area contributed by atoms with Crippen molar-refractivity contribution in [3.8, 4) is 11.3 Å². The van der Waals surface area contributed by atoms with Gasteiger partial charge in [0.05, 0.1) is 5.39 Å². The maximum atomic E-state index is 12.7. The minimum absolute atomic E-state index is 0.000877. The first-order valence-corrected chi connectivity index (χ1v) is 8.73. The van der Waals surface area contributed by atoms with Gasteiger partial charge in [-0.1, -0.05) is 68.4 Å². The van der Waals surface area contributed by atoms with Crippen LogP contribution in [0.2, 0.25) is 0 Å². The Morgan fingerprint density at radius 1 is 0.960 bits per heavy atom. The highest BCUT2D eigenvalue weighted by Gasteiger charge is 2.10. The van der Waals surface area contributed by atoms with Crippen molar-refractivity contribution in [1.29, 1.82) is 0 Å². The van der Waals surface area contributed by atoms with E-state index >= 15 is 0 Å². The number of benzene rings is 3. The van der Waals surface area contributed by atoms with E-state index in [-0.39, 0.29) is 5.43 Å². The summed E-state index contributed by atoms with van der Waals surface area (Å²) < 4.78 is 6.06. The van der Waals surface area contributed by atoms with Gasteiger partial charge < -0.3 is 4.42 Å². The van der Waals surface area contributed by atoms with Gasteiger partial charge in [-0.2, -0.15) is 0 Å². The Kier molecular flexibility index (Phi) is 3.89. The molecule has 0 bridgehead atoms. The van der Waals surface area contributed by atoms with Crippen molar-refractivity contribution < 1.29 is 4.42 Å². The molecule has 0 saturated carbocycles. The highest BCUT2D eigenvalue weighted by molar-refractivity contribution is 6.05. The largest absolute Gasteiger partial charge is 0.456 e. The summed E-state index contributed by atoms with van der Waals surface area (Å²) in [4.78, 5) is 12.7. The first-order chi connectivity index (χ1) is 12.2. The molecule has 0 fully saturated rings. The molecule has 0 N–H and O–H groups in total. The predicted molar refractivity (Wildman–Crippen MR) is 104 cm³/mol. The molecule has 1 atom stereocenters. The second-order valence-electron chi connectivity index (χ2n) is 6.57. The van der Waals surface area contributed by atoms with Crippen molar-refractivity contribution >= 4 is 21.7 Å². The third kappa shape index (κ3) is 2.74. The van der Waals surface area contributed by atoms with Crippen LogP contribution in [0.25, 0.3) is 33.1 Å². The number of fused-ring (bicyclic) bond motifs is 3. The first-order valence-electron chi connectivity index (χ1n) is 8.73. The molecule has 0 aliphatic heterocycles. The van der Waals surface area contributed by atoms with E-state index in [2.05, 4.69) is 26.0 Å². The summed E-state index contributed by atoms with van der Waals surface area (Å²) in [6.45, 7) is 4.40. The Morgan fingerprint density at radius 2 is 1.72 bits per heavy atom. The molecule has 2 nitrogen and oxygen atoms in total. The van der Waals surface area contributed by atoms with Crippen LogP contribution in [-0.2, 0) is 0 Å². The van der Waals surface area contributed by atoms with Gasteiger partial charge in [-0.25, -0.2) is 0 Å². The zero-order chi connectivity index (χ0) is 17.4. The molecule has 124 valence electrons. The maximum absolute atomic E-state index is 12.7. The summed E-state index contributed by atoms with van der Waals surface area (Å²) in [6, 6.07) is 21.7. The predicted octanol–water partition coefficient (Wildman–Crippen LogP) is 6.13. The van der Waals surface area contributed by atoms with E-state index in [1.54, 1.807) is 6.07 Å². The minimum Gasteiger partial charge on any atom is -0.456 e. The Bertz CT molecular complexity index is 1100. The smallest absolute Gasteiger partial charge is 0.193 e. The molecule has 0 amide bonds. The average molecular weight is 328 g/mol. The fourth-order valence-electron chi connectivity index (χ4n) is 3.28. The third-order valence-electron chi connectivity index (χ3n) is 5.00. The summed E-state index contributed by atoms with van der Waals surface area (Å²) in [5, 5.41) is 2.64. The Balaban J connectivity index is 1.86. The monoisotopic (exact) mass is 328 g/mol. The molecule has 4 rings (SSSR count). The van der Waals surface area contributed by atoms with Crippen LogP contribution in [0.15, 0.2) is 75.9 Å². The fourth-order valence-corrected chi connectivity index (χ4v) is 3.28. The number of hydrogen-bond donors (Lipinski definition) is 0. The Hall–Kier alpha value is -2.87. The van der Waals surface area contributed by atoms with Crippen molar-refractivity contribution in [2.45, 2.75) is 26.2 Å². The Labute approximate surface area is 146 Å². The number of rotatable bonds is 3. The van der Waals surface area contributed by atoms with Gasteiger partial charge in [0.2, 0.25) is 0 Å². The van der Waals surface area contributed by atoms with E-state index in [1.165, 1.54) is 5.56 Å². The van der Waals surface area contributed by atoms with Gasteiger partial charge in [0.15, 0.2) is 5.43 Å². The SMILES string of the molecule is CCC(C)c1ccc(-c2cc(=O)c3c(ccc4ccccc43)o2)cc1. The molecule has 4 aromatic rings. The zero-order valence-electron chi connectivity index (χ0n) is 14.5. The van der Waals surface area contributed by atoms with E-state index in [9.17, 15) is 4.79 Å². The van der Waals surface area contributed by atoms with Gasteiger partial charge in [-0.15, -0.1) is 0 Å². The molecule has 25 heavy (non-hydrogen) atoms. The summed E-state index contributed by atoms with van der Waals surface area (Å²) in [6.07, 6.45) is 1.11. The molecule has 3 aromatic carbocycles. The maximum Gasteiger partial charge on any atom is 0.193 e. The highest BCUT2D eigenvalue weighted by Crippen LogP contribution is 2.28. The molecule has 1 heterocycles. The molecular weight excluding hydrogens is 308 g/mol. The van der Waals surface area contributed by atoms with Gasteiger partial charge >= 0.3 is 0 Å². The molecule has 1 unspecified atom stereocenters. The highest BCUT2D eigenvalue weighted by atomic mass is 16.3. The Morgan fingerprint density at radius 3 is 2.48 bits per heavy atom. The quantitative estimate of drug-likeness (QED) is 0.424. The second kappa shape index (κ2) is 6.21. The van der Waals surface area contributed by atoms with Gasteiger partial charge in [0.1, 0.15) is 11.3 Å². The van der Waals surface area contributed by atoms with Crippen molar-refractivity contribution in [3.63, 3.8) is 0 Å². The lowest BCUT2D eigenvalue weighted by atomic mass is 9.97. The summed E-state index contributed by atoms with van der Waals surface area (Å²) >= 11 is 0. The van der Waals surface area contributed by atoms with Gasteiger partial charge in [0.25, 0.3) is 0 Å². The third-order valence-corrected chi connectivity index (χ3v) is 5.00. The molecule has 0 spiro atoms. The lowest BCUT2D eigenvalue weighted by molar-refractivity contribution is 0.619. The van der Waals surface area contributed by atoms with Crippen LogP contribution in [0.3, 0.4) is 0 Å². The minimum atomic E-state index is -0.000877. The van der Waals surface area contributed by atoms with Gasteiger partial charge in [-0.05, 0) is 34.7 Å². The second-order valence-corrected chi connectivity index (χ2v) is 6.57. The molecule has 0 aliphatic carbocycles. The van der Waals surface area contributed by atoms with Crippen LogP contribution in [0, 0.1) is 0 Å². The molecule has 0 radical (unpaired) electrons. The summed E-state index contributed by atoms with van der Waals surface area (Å²) in [7, 11) is 0. The zero-order valence-corrected chi connectivity index (χ0v) is 14.5. The van der Waals surface area contributed by atoms with Crippen LogP contribution < -0.4 is 5.43 Å². The number of hydrogen-bond acceptors (Lipinski definition) is 2. The first kappa shape index (κ1) is 15.6. The molecular formula is C23H20O2. The lowest BCUT2D eigenvalue weighted by Crippen LogP contribution is -2.01.